The Morgan fingerprint density at radius 1 is 1.19 bits per heavy atom. The molecule has 1 atom stereocenters. The van der Waals surface area contributed by atoms with Gasteiger partial charge in [-0.3, -0.25) is 4.57 Å². The minimum absolute atomic E-state index is 0.348. The molecule has 0 amide bonds. The lowest BCUT2D eigenvalue weighted by Gasteiger charge is -2.20. The van der Waals surface area contributed by atoms with Crippen LogP contribution in [0.15, 0.2) is 0 Å². The van der Waals surface area contributed by atoms with Crippen molar-refractivity contribution in [2.75, 3.05) is 13.2 Å². The fourth-order valence-corrected chi connectivity index (χ4v) is 3.26. The van der Waals surface area contributed by atoms with E-state index in [4.69, 9.17) is 9.05 Å². The molecule has 0 radical (unpaired) electrons. The Morgan fingerprint density at radius 3 is 1.94 bits per heavy atom. The highest BCUT2D eigenvalue weighted by atomic mass is 31.2. The summed E-state index contributed by atoms with van der Waals surface area (Å²) in [6, 6.07) is 0. The van der Waals surface area contributed by atoms with Crippen molar-refractivity contribution in [3.8, 4) is 11.5 Å². The first-order chi connectivity index (χ1) is 7.25. The van der Waals surface area contributed by atoms with Crippen molar-refractivity contribution in [2.24, 2.45) is 0 Å². The molecule has 0 saturated heterocycles. The van der Waals surface area contributed by atoms with E-state index in [9.17, 15) is 4.57 Å². The predicted octanol–water partition coefficient (Wildman–Crippen LogP) is 3.52. The normalized spacial score (nSPS) is 14.1. The van der Waals surface area contributed by atoms with E-state index < -0.39 is 15.7 Å². The van der Waals surface area contributed by atoms with Gasteiger partial charge < -0.3 is 9.05 Å². The second kappa shape index (κ2) is 6.61. The maximum atomic E-state index is 12.3. The van der Waals surface area contributed by atoms with Gasteiger partial charge in [0.1, 0.15) is 13.7 Å². The van der Waals surface area contributed by atoms with Gasteiger partial charge in [-0.2, -0.15) is 0 Å². The minimum atomic E-state index is -3.05. The lowest BCUT2D eigenvalue weighted by Crippen LogP contribution is -2.18. The van der Waals surface area contributed by atoms with Gasteiger partial charge in [0.05, 0.1) is 13.2 Å². The molecule has 94 valence electrons. The van der Waals surface area contributed by atoms with Crippen LogP contribution >= 0.6 is 7.60 Å². The molecule has 0 aromatic heterocycles. The largest absolute Gasteiger partial charge is 0.345 e. The van der Waals surface area contributed by atoms with Gasteiger partial charge in [-0.1, -0.05) is 25.6 Å². The fraction of sp³-hybridized carbons (Fsp3) is 0.818. The Morgan fingerprint density at radius 2 is 1.62 bits per heavy atom. The van der Waals surface area contributed by atoms with Crippen molar-refractivity contribution in [3.63, 3.8) is 0 Å². The van der Waals surface area contributed by atoms with Crippen molar-refractivity contribution in [3.05, 3.63) is 0 Å². The Balaban J connectivity index is 4.80. The highest BCUT2D eigenvalue weighted by Gasteiger charge is 2.30. The summed E-state index contributed by atoms with van der Waals surface area (Å²) in [7, 11) is -4.49. The molecule has 0 N–H and O–H groups in total. The van der Waals surface area contributed by atoms with E-state index in [-0.39, 0.29) is 5.66 Å². The second-order valence-electron chi connectivity index (χ2n) is 4.57. The molecule has 0 aliphatic rings. The smallest absolute Gasteiger partial charge is 0.308 e. The molecule has 0 heterocycles. The van der Waals surface area contributed by atoms with Crippen LogP contribution in [0.5, 0.6) is 0 Å². The Hall–Kier alpha value is -0.0731. The third-order valence-corrected chi connectivity index (χ3v) is 4.96. The Labute approximate surface area is 100 Å². The molecular weight excluding hydrogens is 239 g/mol. The molecular formula is C11H23O3PSi. The van der Waals surface area contributed by atoms with Gasteiger partial charge in [-0.25, -0.2) is 0 Å². The van der Waals surface area contributed by atoms with E-state index in [0.717, 1.165) is 0 Å². The molecule has 0 bridgehead atoms. The fourth-order valence-electron chi connectivity index (χ4n) is 1.02. The van der Waals surface area contributed by atoms with Crippen molar-refractivity contribution >= 4 is 15.7 Å². The first kappa shape index (κ1) is 15.9. The zero-order valence-electron chi connectivity index (χ0n) is 11.2. The summed E-state index contributed by atoms with van der Waals surface area (Å²) in [5.41, 5.74) is 2.85. The zero-order chi connectivity index (χ0) is 12.8. The van der Waals surface area contributed by atoms with E-state index in [1.165, 1.54) is 0 Å². The SMILES string of the molecule is CCOP(=O)(OCC)[C@@H](C)C#C[Si](C)(C)C. The second-order valence-corrected chi connectivity index (χ2v) is 11.7. The standard InChI is InChI=1S/C11H23O3PSi/c1-7-13-15(12,14-8-2)11(3)9-10-16(4,5)6/h11H,7-8H2,1-6H3/t11-/m0/s1. The summed E-state index contributed by atoms with van der Waals surface area (Å²) >= 11 is 0. The summed E-state index contributed by atoms with van der Waals surface area (Å²) in [5.74, 6) is 3.03. The van der Waals surface area contributed by atoms with Crippen LogP contribution in [0.4, 0.5) is 0 Å². The molecule has 0 aliphatic heterocycles. The van der Waals surface area contributed by atoms with Crippen LogP contribution in [0, 0.1) is 11.5 Å². The first-order valence-corrected chi connectivity index (χ1v) is 10.8. The maximum Gasteiger partial charge on any atom is 0.345 e. The average molecular weight is 262 g/mol. The lowest BCUT2D eigenvalue weighted by atomic mass is 10.5. The van der Waals surface area contributed by atoms with Gasteiger partial charge in [-0.15, -0.1) is 5.54 Å². The third kappa shape index (κ3) is 5.86. The summed E-state index contributed by atoms with van der Waals surface area (Å²) in [5, 5.41) is 0. The van der Waals surface area contributed by atoms with Gasteiger partial charge in [0.25, 0.3) is 0 Å². The highest BCUT2D eigenvalue weighted by molar-refractivity contribution is 7.55. The van der Waals surface area contributed by atoms with Crippen LogP contribution in [-0.4, -0.2) is 26.9 Å². The molecule has 0 aromatic carbocycles. The van der Waals surface area contributed by atoms with E-state index in [2.05, 4.69) is 31.1 Å². The van der Waals surface area contributed by atoms with Crippen LogP contribution in [0.3, 0.4) is 0 Å². The number of hydrogen-bond acceptors (Lipinski definition) is 3. The predicted molar refractivity (Wildman–Crippen MR) is 71.4 cm³/mol. The monoisotopic (exact) mass is 262 g/mol. The molecule has 0 spiro atoms. The third-order valence-electron chi connectivity index (χ3n) is 1.75. The van der Waals surface area contributed by atoms with Gasteiger partial charge in [0.15, 0.2) is 0 Å². The molecule has 0 aromatic rings. The van der Waals surface area contributed by atoms with Crippen LogP contribution in [0.2, 0.25) is 19.6 Å². The maximum absolute atomic E-state index is 12.3. The number of hydrogen-bond donors (Lipinski definition) is 0. The summed E-state index contributed by atoms with van der Waals surface area (Å²) in [4.78, 5) is 0. The highest BCUT2D eigenvalue weighted by Crippen LogP contribution is 2.52. The minimum Gasteiger partial charge on any atom is -0.308 e. The van der Waals surface area contributed by atoms with Gasteiger partial charge in [0.2, 0.25) is 0 Å². The first-order valence-electron chi connectivity index (χ1n) is 5.66. The summed E-state index contributed by atoms with van der Waals surface area (Å²) in [6.07, 6.45) is 0. The van der Waals surface area contributed by atoms with Gasteiger partial charge >= 0.3 is 7.60 Å². The lowest BCUT2D eigenvalue weighted by molar-refractivity contribution is 0.217. The molecule has 0 saturated carbocycles. The van der Waals surface area contributed by atoms with E-state index in [1.807, 2.05) is 13.8 Å². The summed E-state index contributed by atoms with van der Waals surface area (Å²) < 4.78 is 22.8. The van der Waals surface area contributed by atoms with Crippen molar-refractivity contribution in [1.29, 1.82) is 0 Å². The van der Waals surface area contributed by atoms with E-state index in [1.54, 1.807) is 6.92 Å². The van der Waals surface area contributed by atoms with Crippen molar-refractivity contribution in [2.45, 2.75) is 46.1 Å². The van der Waals surface area contributed by atoms with E-state index in [0.29, 0.717) is 13.2 Å². The van der Waals surface area contributed by atoms with Crippen molar-refractivity contribution < 1.29 is 13.6 Å². The van der Waals surface area contributed by atoms with Crippen LogP contribution in [0.1, 0.15) is 20.8 Å². The molecule has 5 heteroatoms. The van der Waals surface area contributed by atoms with Gasteiger partial charge in [0, 0.05) is 0 Å². The molecule has 0 rings (SSSR count). The average Bonchev–Trinajstić information content (AvgIpc) is 2.13. The van der Waals surface area contributed by atoms with Crippen LogP contribution in [0.25, 0.3) is 0 Å². The quantitative estimate of drug-likeness (QED) is 0.432. The molecule has 3 nitrogen and oxygen atoms in total. The van der Waals surface area contributed by atoms with E-state index >= 15 is 0 Å². The molecule has 0 aliphatic carbocycles. The van der Waals surface area contributed by atoms with Crippen LogP contribution < -0.4 is 0 Å². The Kier molecular flexibility index (Phi) is 6.58. The zero-order valence-corrected chi connectivity index (χ0v) is 13.1. The molecule has 16 heavy (non-hydrogen) atoms. The van der Waals surface area contributed by atoms with Gasteiger partial charge in [-0.05, 0) is 20.8 Å². The Bertz CT molecular complexity index is 301. The topological polar surface area (TPSA) is 35.5 Å². The van der Waals surface area contributed by atoms with Crippen molar-refractivity contribution in [1.82, 2.24) is 0 Å². The number of rotatable bonds is 5. The van der Waals surface area contributed by atoms with Crippen LogP contribution in [-0.2, 0) is 13.6 Å². The molecule has 0 unspecified atom stereocenters. The molecule has 0 fully saturated rings. The summed E-state index contributed by atoms with van der Waals surface area (Å²) in [6.45, 7) is 12.7.